The quantitative estimate of drug-likeness (QED) is 0.723. The van der Waals surface area contributed by atoms with Crippen LogP contribution in [0.1, 0.15) is 12.0 Å². The molecule has 1 atom stereocenters. The zero-order chi connectivity index (χ0) is 11.0. The van der Waals surface area contributed by atoms with Gasteiger partial charge in [0.15, 0.2) is 0 Å². The summed E-state index contributed by atoms with van der Waals surface area (Å²) in [5.41, 5.74) is 2.14. The summed E-state index contributed by atoms with van der Waals surface area (Å²) < 4.78 is 1.05. The van der Waals surface area contributed by atoms with Gasteiger partial charge in [0.05, 0.1) is 4.83 Å². The van der Waals surface area contributed by atoms with E-state index in [4.69, 9.17) is 0 Å². The lowest BCUT2D eigenvalue weighted by molar-refractivity contribution is -0.116. The van der Waals surface area contributed by atoms with Gasteiger partial charge in [0, 0.05) is 16.7 Å². The molecule has 4 heteroatoms. The summed E-state index contributed by atoms with van der Waals surface area (Å²) in [6.45, 7) is 2.83. The van der Waals surface area contributed by atoms with E-state index in [0.29, 0.717) is 0 Å². The third kappa shape index (κ3) is 2.11. The van der Waals surface area contributed by atoms with Crippen LogP contribution in [0.15, 0.2) is 22.7 Å². The van der Waals surface area contributed by atoms with Crippen molar-refractivity contribution < 1.29 is 4.79 Å². The summed E-state index contributed by atoms with van der Waals surface area (Å²) in [5, 5.41) is 0. The standard InChI is InChI=1S/C11H11Br2NO/c1-7-6-8(12)2-3-10(7)14-5-4-9(13)11(14)15/h2-3,6,9H,4-5H2,1H3. The normalized spacial score (nSPS) is 21.1. The van der Waals surface area contributed by atoms with Crippen LogP contribution in [0.25, 0.3) is 0 Å². The minimum absolute atomic E-state index is 0.0134. The SMILES string of the molecule is Cc1cc(Br)ccc1N1CCC(Br)C1=O. The molecule has 1 aliphatic heterocycles. The van der Waals surface area contributed by atoms with Gasteiger partial charge < -0.3 is 4.90 Å². The van der Waals surface area contributed by atoms with E-state index < -0.39 is 0 Å². The van der Waals surface area contributed by atoms with Crippen molar-refractivity contribution in [3.05, 3.63) is 28.2 Å². The molecule has 0 aromatic heterocycles. The minimum Gasteiger partial charge on any atom is -0.311 e. The molecule has 0 saturated carbocycles. The van der Waals surface area contributed by atoms with Crippen LogP contribution >= 0.6 is 31.9 Å². The highest BCUT2D eigenvalue weighted by Crippen LogP contribution is 2.29. The predicted octanol–water partition coefficient (Wildman–Crippen LogP) is 3.26. The van der Waals surface area contributed by atoms with Crippen LogP contribution in [0, 0.1) is 6.92 Å². The van der Waals surface area contributed by atoms with Gasteiger partial charge in [-0.3, -0.25) is 4.79 Å². The lowest BCUT2D eigenvalue weighted by atomic mass is 10.2. The van der Waals surface area contributed by atoms with Gasteiger partial charge in [0.25, 0.3) is 0 Å². The second kappa shape index (κ2) is 4.26. The van der Waals surface area contributed by atoms with Crippen molar-refractivity contribution >= 4 is 43.5 Å². The fraction of sp³-hybridized carbons (Fsp3) is 0.364. The molecule has 1 aliphatic rings. The minimum atomic E-state index is -0.0134. The number of anilines is 1. The predicted molar refractivity (Wildman–Crippen MR) is 68.6 cm³/mol. The highest BCUT2D eigenvalue weighted by molar-refractivity contribution is 9.10. The summed E-state index contributed by atoms with van der Waals surface area (Å²) in [4.78, 5) is 13.6. The van der Waals surface area contributed by atoms with E-state index in [1.807, 2.05) is 30.0 Å². The first-order valence-electron chi connectivity index (χ1n) is 4.81. The Labute approximate surface area is 106 Å². The molecule has 80 valence electrons. The number of carbonyl (C=O) groups is 1. The van der Waals surface area contributed by atoms with Gasteiger partial charge in [-0.2, -0.15) is 0 Å². The molecule has 0 spiro atoms. The monoisotopic (exact) mass is 331 g/mol. The molecule has 1 saturated heterocycles. The van der Waals surface area contributed by atoms with Crippen molar-refractivity contribution in [2.45, 2.75) is 18.2 Å². The van der Waals surface area contributed by atoms with Gasteiger partial charge in [-0.15, -0.1) is 0 Å². The largest absolute Gasteiger partial charge is 0.311 e. The number of aryl methyl sites for hydroxylation is 1. The molecule has 0 aliphatic carbocycles. The highest BCUT2D eigenvalue weighted by Gasteiger charge is 2.30. The second-order valence-corrected chi connectivity index (χ2v) is 5.70. The van der Waals surface area contributed by atoms with Gasteiger partial charge in [-0.05, 0) is 37.1 Å². The van der Waals surface area contributed by atoms with E-state index in [1.54, 1.807) is 0 Å². The molecule has 0 radical (unpaired) electrons. The number of hydrogen-bond donors (Lipinski definition) is 0. The summed E-state index contributed by atoms with van der Waals surface area (Å²) in [6.07, 6.45) is 0.883. The van der Waals surface area contributed by atoms with Gasteiger partial charge >= 0.3 is 0 Å². The number of benzene rings is 1. The lowest BCUT2D eigenvalue weighted by Crippen LogP contribution is -2.27. The molecule has 1 fully saturated rings. The highest BCUT2D eigenvalue weighted by atomic mass is 79.9. The van der Waals surface area contributed by atoms with Gasteiger partial charge in [-0.25, -0.2) is 0 Å². The van der Waals surface area contributed by atoms with Gasteiger partial charge in [0.2, 0.25) is 5.91 Å². The van der Waals surface area contributed by atoms with E-state index in [1.165, 1.54) is 0 Å². The van der Waals surface area contributed by atoms with E-state index in [2.05, 4.69) is 31.9 Å². The van der Waals surface area contributed by atoms with Crippen molar-refractivity contribution in [2.75, 3.05) is 11.4 Å². The Bertz CT molecular complexity index is 406. The molecule has 1 aromatic carbocycles. The molecule has 2 rings (SSSR count). The van der Waals surface area contributed by atoms with Crippen LogP contribution in [0.3, 0.4) is 0 Å². The average Bonchev–Trinajstić information content (AvgIpc) is 2.49. The molecular formula is C11H11Br2NO. The summed E-state index contributed by atoms with van der Waals surface area (Å²) in [6, 6.07) is 5.99. The molecule has 1 amide bonds. The van der Waals surface area contributed by atoms with E-state index in [9.17, 15) is 4.79 Å². The number of nitrogens with zero attached hydrogens (tertiary/aromatic N) is 1. The number of hydrogen-bond acceptors (Lipinski definition) is 1. The molecule has 1 unspecified atom stereocenters. The first-order chi connectivity index (χ1) is 7.09. The Hall–Kier alpha value is -0.350. The summed E-state index contributed by atoms with van der Waals surface area (Å²) in [5.74, 6) is 0.167. The van der Waals surface area contributed by atoms with Crippen molar-refractivity contribution in [1.29, 1.82) is 0 Å². The third-order valence-electron chi connectivity index (χ3n) is 2.59. The van der Waals surface area contributed by atoms with Crippen molar-refractivity contribution in [3.8, 4) is 0 Å². The number of carbonyl (C=O) groups excluding carboxylic acids is 1. The number of halogens is 2. The third-order valence-corrected chi connectivity index (χ3v) is 3.93. The number of amides is 1. The van der Waals surface area contributed by atoms with Crippen LogP contribution in [-0.4, -0.2) is 17.3 Å². The molecular weight excluding hydrogens is 322 g/mol. The summed E-state index contributed by atoms with van der Waals surface area (Å²) >= 11 is 6.80. The summed E-state index contributed by atoms with van der Waals surface area (Å²) in [7, 11) is 0. The van der Waals surface area contributed by atoms with Crippen molar-refractivity contribution in [3.63, 3.8) is 0 Å². The molecule has 15 heavy (non-hydrogen) atoms. The average molecular weight is 333 g/mol. The molecule has 0 bridgehead atoms. The van der Waals surface area contributed by atoms with Crippen molar-refractivity contribution in [1.82, 2.24) is 0 Å². The first-order valence-corrected chi connectivity index (χ1v) is 6.52. The lowest BCUT2D eigenvalue weighted by Gasteiger charge is -2.18. The van der Waals surface area contributed by atoms with E-state index in [-0.39, 0.29) is 10.7 Å². The van der Waals surface area contributed by atoms with Crippen LogP contribution in [-0.2, 0) is 4.79 Å². The molecule has 1 aromatic rings. The molecule has 0 N–H and O–H groups in total. The maximum absolute atomic E-state index is 11.8. The van der Waals surface area contributed by atoms with Gasteiger partial charge in [-0.1, -0.05) is 31.9 Å². The van der Waals surface area contributed by atoms with Crippen LogP contribution < -0.4 is 4.90 Å². The number of rotatable bonds is 1. The Kier molecular flexibility index (Phi) is 3.16. The van der Waals surface area contributed by atoms with Crippen LogP contribution in [0.5, 0.6) is 0 Å². The van der Waals surface area contributed by atoms with E-state index in [0.717, 1.165) is 28.7 Å². The Morgan fingerprint density at radius 2 is 2.20 bits per heavy atom. The second-order valence-electron chi connectivity index (χ2n) is 3.68. The maximum Gasteiger partial charge on any atom is 0.240 e. The van der Waals surface area contributed by atoms with Crippen molar-refractivity contribution in [2.24, 2.45) is 0 Å². The number of alkyl halides is 1. The Balaban J connectivity index is 2.34. The zero-order valence-corrected chi connectivity index (χ0v) is 11.5. The topological polar surface area (TPSA) is 20.3 Å². The molecule has 2 nitrogen and oxygen atoms in total. The first kappa shape index (κ1) is 11.1. The Morgan fingerprint density at radius 1 is 1.47 bits per heavy atom. The van der Waals surface area contributed by atoms with Crippen LogP contribution in [0.4, 0.5) is 5.69 Å². The Morgan fingerprint density at radius 3 is 2.73 bits per heavy atom. The van der Waals surface area contributed by atoms with E-state index >= 15 is 0 Å². The maximum atomic E-state index is 11.8. The smallest absolute Gasteiger partial charge is 0.240 e. The van der Waals surface area contributed by atoms with Crippen LogP contribution in [0.2, 0.25) is 0 Å². The zero-order valence-electron chi connectivity index (χ0n) is 8.34. The molecule has 1 heterocycles. The van der Waals surface area contributed by atoms with Gasteiger partial charge in [0.1, 0.15) is 0 Å². The fourth-order valence-corrected chi connectivity index (χ4v) is 2.73. The fourth-order valence-electron chi connectivity index (χ4n) is 1.81.